The second kappa shape index (κ2) is 6.93. The number of fused-ring (bicyclic) bond motifs is 3. The van der Waals surface area contributed by atoms with E-state index in [9.17, 15) is 13.6 Å². The fourth-order valence-corrected chi connectivity index (χ4v) is 4.31. The minimum absolute atomic E-state index is 0.179. The van der Waals surface area contributed by atoms with Gasteiger partial charge in [-0.2, -0.15) is 5.10 Å². The van der Waals surface area contributed by atoms with E-state index >= 15 is 0 Å². The molecule has 0 spiro atoms. The van der Waals surface area contributed by atoms with Crippen molar-refractivity contribution in [3.8, 4) is 5.69 Å². The van der Waals surface area contributed by atoms with Crippen LogP contribution in [0.5, 0.6) is 0 Å². The molecule has 2 atom stereocenters. The number of nitrogens with zero attached hydrogens (tertiary/aromatic N) is 3. The van der Waals surface area contributed by atoms with Crippen LogP contribution in [0, 0.1) is 17.6 Å². The maximum absolute atomic E-state index is 14.4. The van der Waals surface area contributed by atoms with Gasteiger partial charge in [-0.3, -0.25) is 4.79 Å². The Labute approximate surface area is 173 Å². The number of carbonyl (C=O) groups excluding carboxylic acids is 1. The molecule has 5 rings (SSSR count). The quantitative estimate of drug-likeness (QED) is 0.699. The minimum Gasteiger partial charge on any atom is -0.378 e. The van der Waals surface area contributed by atoms with Gasteiger partial charge in [0.15, 0.2) is 11.5 Å². The lowest BCUT2D eigenvalue weighted by molar-refractivity contribution is 0.0944. The highest BCUT2D eigenvalue weighted by atomic mass is 19.1. The van der Waals surface area contributed by atoms with Crippen molar-refractivity contribution in [2.24, 2.45) is 5.92 Å². The summed E-state index contributed by atoms with van der Waals surface area (Å²) in [5.41, 5.74) is 4.37. The zero-order valence-corrected chi connectivity index (χ0v) is 16.8. The summed E-state index contributed by atoms with van der Waals surface area (Å²) in [6.45, 7) is 0.381. The van der Waals surface area contributed by atoms with Gasteiger partial charge in [-0.25, -0.2) is 13.5 Å². The molecule has 0 bridgehead atoms. The minimum atomic E-state index is -0.683. The van der Waals surface area contributed by atoms with Gasteiger partial charge in [0.1, 0.15) is 11.5 Å². The van der Waals surface area contributed by atoms with Gasteiger partial charge < -0.3 is 10.2 Å². The summed E-state index contributed by atoms with van der Waals surface area (Å²) in [5.74, 6) is -0.791. The number of hydrogen-bond donors (Lipinski definition) is 1. The predicted octanol–water partition coefficient (Wildman–Crippen LogP) is 3.81. The molecule has 30 heavy (non-hydrogen) atoms. The highest BCUT2D eigenvalue weighted by Crippen LogP contribution is 2.57. The molecule has 0 aliphatic heterocycles. The Morgan fingerprint density at radius 2 is 1.97 bits per heavy atom. The second-order valence-corrected chi connectivity index (χ2v) is 8.27. The summed E-state index contributed by atoms with van der Waals surface area (Å²) in [6.07, 6.45) is 1.81. The van der Waals surface area contributed by atoms with Crippen LogP contribution >= 0.6 is 0 Å². The van der Waals surface area contributed by atoms with E-state index in [2.05, 4.69) is 10.4 Å². The van der Waals surface area contributed by atoms with E-state index in [1.165, 1.54) is 16.8 Å². The summed E-state index contributed by atoms with van der Waals surface area (Å²) in [5, 5.41) is 7.38. The molecule has 0 radical (unpaired) electrons. The molecule has 5 nitrogen and oxygen atoms in total. The van der Waals surface area contributed by atoms with Crippen molar-refractivity contribution < 1.29 is 13.6 Å². The normalized spacial score (nSPS) is 18.7. The largest absolute Gasteiger partial charge is 0.378 e. The maximum atomic E-state index is 14.4. The van der Waals surface area contributed by atoms with Crippen LogP contribution in [0.15, 0.2) is 42.5 Å². The summed E-state index contributed by atoms with van der Waals surface area (Å²) in [6, 6.07) is 11.4. The second-order valence-electron chi connectivity index (χ2n) is 8.27. The van der Waals surface area contributed by atoms with E-state index in [-0.39, 0.29) is 11.6 Å². The topological polar surface area (TPSA) is 50.2 Å². The molecule has 2 aliphatic rings. The Bertz CT molecular complexity index is 1140. The highest BCUT2D eigenvalue weighted by Gasteiger charge is 2.50. The molecule has 2 aliphatic carbocycles. The molecule has 7 heteroatoms. The maximum Gasteiger partial charge on any atom is 0.272 e. The lowest BCUT2D eigenvalue weighted by atomic mass is 10.1. The fraction of sp³-hybridized carbons (Fsp3) is 0.304. The number of benzene rings is 2. The molecule has 0 saturated heterocycles. The van der Waals surface area contributed by atoms with Gasteiger partial charge in [0.25, 0.3) is 5.91 Å². The van der Waals surface area contributed by atoms with Crippen LogP contribution < -0.4 is 10.2 Å². The van der Waals surface area contributed by atoms with Crippen molar-refractivity contribution in [3.05, 3.63) is 76.6 Å². The van der Waals surface area contributed by atoms with Crippen LogP contribution in [-0.2, 0) is 13.0 Å². The smallest absolute Gasteiger partial charge is 0.272 e. The first kappa shape index (κ1) is 18.8. The number of aromatic nitrogens is 2. The lowest BCUT2D eigenvalue weighted by Crippen LogP contribution is -2.24. The Hall–Kier alpha value is -3.22. The Morgan fingerprint density at radius 3 is 2.67 bits per heavy atom. The predicted molar refractivity (Wildman–Crippen MR) is 110 cm³/mol. The number of nitrogens with one attached hydrogen (secondary N) is 1. The molecule has 2 aromatic carbocycles. The van der Waals surface area contributed by atoms with Crippen molar-refractivity contribution >= 4 is 11.6 Å². The zero-order valence-electron chi connectivity index (χ0n) is 16.8. The van der Waals surface area contributed by atoms with E-state index in [1.807, 2.05) is 43.3 Å². The third-order valence-electron chi connectivity index (χ3n) is 6.02. The van der Waals surface area contributed by atoms with Gasteiger partial charge in [0.2, 0.25) is 0 Å². The molecule has 0 unspecified atom stereocenters. The van der Waals surface area contributed by atoms with Crippen LogP contribution in [0.3, 0.4) is 0 Å². The molecule has 1 heterocycles. The third kappa shape index (κ3) is 3.14. The third-order valence-corrected chi connectivity index (χ3v) is 6.02. The van der Waals surface area contributed by atoms with Crippen molar-refractivity contribution in [2.75, 3.05) is 19.0 Å². The van der Waals surface area contributed by atoms with Crippen LogP contribution in [0.2, 0.25) is 0 Å². The molecular weight excluding hydrogens is 386 g/mol. The van der Waals surface area contributed by atoms with E-state index in [4.69, 9.17) is 0 Å². The molecule has 1 amide bonds. The van der Waals surface area contributed by atoms with Gasteiger partial charge in [-0.05, 0) is 48.6 Å². The molecule has 154 valence electrons. The van der Waals surface area contributed by atoms with Crippen LogP contribution in [0.4, 0.5) is 14.5 Å². The zero-order chi connectivity index (χ0) is 21.0. The number of carbonyl (C=O) groups is 1. The lowest BCUT2D eigenvalue weighted by Gasteiger charge is -2.12. The van der Waals surface area contributed by atoms with E-state index in [0.717, 1.165) is 41.4 Å². The first-order chi connectivity index (χ1) is 14.4. The Kier molecular flexibility index (Phi) is 4.34. The number of anilines is 1. The molecule has 1 fully saturated rings. The molecule has 1 saturated carbocycles. The number of rotatable bonds is 5. The number of halogens is 2. The van der Waals surface area contributed by atoms with Crippen LogP contribution in [-0.4, -0.2) is 29.8 Å². The van der Waals surface area contributed by atoms with E-state index in [1.54, 1.807) is 0 Å². The van der Waals surface area contributed by atoms with Gasteiger partial charge in [0, 0.05) is 43.9 Å². The number of hydrogen-bond acceptors (Lipinski definition) is 3. The Morgan fingerprint density at radius 1 is 1.20 bits per heavy atom. The average Bonchev–Trinajstić information content (AvgIpc) is 3.22. The van der Waals surface area contributed by atoms with Crippen LogP contribution in [0.1, 0.15) is 39.6 Å². The van der Waals surface area contributed by atoms with Gasteiger partial charge >= 0.3 is 0 Å². The first-order valence-corrected chi connectivity index (χ1v) is 10.0. The summed E-state index contributed by atoms with van der Waals surface area (Å²) >= 11 is 0. The first-order valence-electron chi connectivity index (χ1n) is 10.0. The average molecular weight is 408 g/mol. The fourth-order valence-electron chi connectivity index (χ4n) is 4.31. The van der Waals surface area contributed by atoms with Crippen molar-refractivity contribution in [1.29, 1.82) is 0 Å². The van der Waals surface area contributed by atoms with Gasteiger partial charge in [-0.1, -0.05) is 12.1 Å². The van der Waals surface area contributed by atoms with Crippen molar-refractivity contribution in [3.63, 3.8) is 0 Å². The van der Waals surface area contributed by atoms with Gasteiger partial charge in [0.05, 0.1) is 5.69 Å². The molecular formula is C23H22F2N4O. The summed E-state index contributed by atoms with van der Waals surface area (Å²) in [7, 11) is 3.95. The molecule has 1 N–H and O–H groups in total. The monoisotopic (exact) mass is 408 g/mol. The summed E-state index contributed by atoms with van der Waals surface area (Å²) in [4.78, 5) is 14.9. The molecule has 3 aromatic rings. The standard InChI is InChI=1S/C23H22F2N4O/c1-28(2)16-6-3-13(4-7-16)12-26-23(30)21-18-10-14-9-17(14)22(18)29(27-21)20-8-5-15(24)11-19(20)25/h3-8,11,14,17H,9-10,12H2,1-2H3,(H,26,30)/t14-,17-/m0/s1. The molecule has 1 aromatic heterocycles. The van der Waals surface area contributed by atoms with E-state index < -0.39 is 11.6 Å². The summed E-state index contributed by atoms with van der Waals surface area (Å²) < 4.78 is 29.3. The van der Waals surface area contributed by atoms with Crippen LogP contribution in [0.25, 0.3) is 5.69 Å². The highest BCUT2D eigenvalue weighted by molar-refractivity contribution is 5.94. The van der Waals surface area contributed by atoms with Crippen molar-refractivity contribution in [2.45, 2.75) is 25.3 Å². The van der Waals surface area contributed by atoms with Crippen molar-refractivity contribution in [1.82, 2.24) is 15.1 Å². The van der Waals surface area contributed by atoms with Gasteiger partial charge in [-0.15, -0.1) is 0 Å². The van der Waals surface area contributed by atoms with E-state index in [0.29, 0.717) is 24.1 Å². The SMILES string of the molecule is CN(C)c1ccc(CNC(=O)c2nn(-c3ccc(F)cc3F)c3c2C[C@@H]2C[C@H]32)cc1. The Balaban J connectivity index is 1.41. The number of amides is 1.